The molecule has 0 spiro atoms. The monoisotopic (exact) mass is 541 g/mol. The fourth-order valence-corrected chi connectivity index (χ4v) is 4.11. The molecule has 0 aliphatic heterocycles. The summed E-state index contributed by atoms with van der Waals surface area (Å²) in [5.41, 5.74) is 0.855. The Kier molecular flexibility index (Phi) is 5.98. The summed E-state index contributed by atoms with van der Waals surface area (Å²) < 4.78 is 3.49. The number of anilines is 1. The summed E-state index contributed by atoms with van der Waals surface area (Å²) in [6, 6.07) is 4.02. The van der Waals surface area contributed by atoms with E-state index in [9.17, 15) is 25.0 Å². The Balaban J connectivity index is 1.79. The van der Waals surface area contributed by atoms with Gasteiger partial charge in [0.2, 0.25) is 0 Å². The van der Waals surface area contributed by atoms with Gasteiger partial charge in [-0.15, -0.1) is 0 Å². The highest BCUT2D eigenvalue weighted by molar-refractivity contribution is 9.11. The maximum absolute atomic E-state index is 12.5. The van der Waals surface area contributed by atoms with Gasteiger partial charge in [-0.2, -0.15) is 10.2 Å². The van der Waals surface area contributed by atoms with Crippen molar-refractivity contribution in [1.82, 2.24) is 19.6 Å². The highest BCUT2D eigenvalue weighted by Crippen LogP contribution is 2.35. The molecule has 1 N–H and O–H groups in total. The number of hydrogen-bond donors (Lipinski definition) is 1. The Hall–Kier alpha value is -3.13. The van der Waals surface area contributed by atoms with Crippen LogP contribution in [0.4, 0.5) is 17.1 Å². The summed E-state index contributed by atoms with van der Waals surface area (Å²) >= 11 is 6.41. The van der Waals surface area contributed by atoms with Gasteiger partial charge in [0.15, 0.2) is 5.69 Å². The largest absolute Gasteiger partial charge is 0.319 e. The van der Waals surface area contributed by atoms with Crippen molar-refractivity contribution in [3.8, 4) is 0 Å². The Morgan fingerprint density at radius 3 is 2.30 bits per heavy atom. The average molecular weight is 543 g/mol. The smallest absolute Gasteiger partial charge is 0.312 e. The van der Waals surface area contributed by atoms with Gasteiger partial charge >= 0.3 is 5.69 Å². The molecule has 2 heterocycles. The first kappa shape index (κ1) is 21.6. The van der Waals surface area contributed by atoms with Crippen LogP contribution in [0.3, 0.4) is 0 Å². The number of halogens is 2. The number of nitro groups is 2. The van der Waals surface area contributed by atoms with E-state index < -0.39 is 15.8 Å². The molecule has 0 bridgehead atoms. The molecule has 0 aliphatic carbocycles. The average Bonchev–Trinajstić information content (AvgIpc) is 3.22. The van der Waals surface area contributed by atoms with Gasteiger partial charge in [0, 0.05) is 27.3 Å². The summed E-state index contributed by atoms with van der Waals surface area (Å²) in [6.45, 7) is 3.21. The lowest BCUT2D eigenvalue weighted by atomic mass is 10.2. The highest BCUT2D eigenvalue weighted by atomic mass is 79.9. The number of carbonyl (C=O) groups is 1. The van der Waals surface area contributed by atoms with Crippen molar-refractivity contribution in [2.75, 3.05) is 5.32 Å². The Morgan fingerprint density at radius 2 is 1.77 bits per heavy atom. The zero-order valence-electron chi connectivity index (χ0n) is 15.5. The van der Waals surface area contributed by atoms with Crippen molar-refractivity contribution >= 4 is 54.8 Å². The third kappa shape index (κ3) is 4.23. The number of nitrogens with zero attached hydrogens (tertiary/aromatic N) is 6. The second-order valence-electron chi connectivity index (χ2n) is 6.15. The van der Waals surface area contributed by atoms with Gasteiger partial charge in [-0.3, -0.25) is 29.7 Å². The molecular weight excluding hydrogens is 530 g/mol. The second-order valence-corrected chi connectivity index (χ2v) is 7.86. The summed E-state index contributed by atoms with van der Waals surface area (Å²) in [5, 5.41) is 33.0. The molecule has 0 aliphatic rings. The number of aromatic nitrogens is 4. The quantitative estimate of drug-likeness (QED) is 0.367. The standard InChI is InChI=1S/C16H13Br2N7O5/c1-8-15(25(29)30)9(2)23(20-8)7-22-4-3-13(21-22)16(26)19-14-11(17)5-10(24(27)28)6-12(14)18/h3-6H,7H2,1-2H3,(H,19,26). The molecule has 12 nitrogen and oxygen atoms in total. The third-order valence-corrected chi connectivity index (χ3v) is 5.41. The zero-order valence-corrected chi connectivity index (χ0v) is 18.7. The zero-order chi connectivity index (χ0) is 22.2. The maximum Gasteiger partial charge on any atom is 0.312 e. The Bertz CT molecular complexity index is 1160. The van der Waals surface area contributed by atoms with Crippen LogP contribution in [-0.2, 0) is 6.67 Å². The second kappa shape index (κ2) is 8.31. The van der Waals surface area contributed by atoms with Crippen LogP contribution < -0.4 is 5.32 Å². The van der Waals surface area contributed by atoms with Crippen molar-refractivity contribution in [3.63, 3.8) is 0 Å². The Morgan fingerprint density at radius 1 is 1.13 bits per heavy atom. The van der Waals surface area contributed by atoms with Crippen LogP contribution in [0.2, 0.25) is 0 Å². The van der Waals surface area contributed by atoms with E-state index >= 15 is 0 Å². The molecule has 30 heavy (non-hydrogen) atoms. The summed E-state index contributed by atoms with van der Waals surface area (Å²) in [4.78, 5) is 33.5. The first-order valence-electron chi connectivity index (χ1n) is 8.25. The minimum atomic E-state index is -0.549. The van der Waals surface area contributed by atoms with Crippen molar-refractivity contribution in [2.45, 2.75) is 20.5 Å². The van der Waals surface area contributed by atoms with Crippen molar-refractivity contribution < 1.29 is 14.6 Å². The van der Waals surface area contributed by atoms with E-state index in [1.54, 1.807) is 13.8 Å². The minimum Gasteiger partial charge on any atom is -0.319 e. The van der Waals surface area contributed by atoms with Crippen LogP contribution in [0.25, 0.3) is 0 Å². The lowest BCUT2D eigenvalue weighted by Crippen LogP contribution is -2.16. The van der Waals surface area contributed by atoms with E-state index in [0.717, 1.165) is 0 Å². The lowest BCUT2D eigenvalue weighted by molar-refractivity contribution is -0.386. The maximum atomic E-state index is 12.5. The van der Waals surface area contributed by atoms with Gasteiger partial charge in [-0.1, -0.05) is 0 Å². The normalized spacial score (nSPS) is 10.8. The number of non-ortho nitro benzene ring substituents is 1. The SMILES string of the molecule is Cc1nn(Cn2ccc(C(=O)Nc3c(Br)cc([N+](=O)[O-])cc3Br)n2)c(C)c1[N+](=O)[O-]. The van der Waals surface area contributed by atoms with Crippen LogP contribution in [0.5, 0.6) is 0 Å². The summed E-state index contributed by atoms with van der Waals surface area (Å²) in [7, 11) is 0. The van der Waals surface area contributed by atoms with Crippen LogP contribution in [-0.4, -0.2) is 35.3 Å². The molecule has 0 saturated heterocycles. The van der Waals surface area contributed by atoms with Gasteiger partial charge < -0.3 is 5.32 Å². The van der Waals surface area contributed by atoms with Crippen LogP contribution >= 0.6 is 31.9 Å². The molecule has 0 fully saturated rings. The first-order valence-corrected chi connectivity index (χ1v) is 9.83. The van der Waals surface area contributed by atoms with Gasteiger partial charge in [0.1, 0.15) is 18.1 Å². The molecule has 3 rings (SSSR count). The fraction of sp³-hybridized carbons (Fsp3) is 0.188. The van der Waals surface area contributed by atoms with Gasteiger partial charge in [0.05, 0.1) is 15.5 Å². The predicted molar refractivity (Wildman–Crippen MR) is 112 cm³/mol. The molecule has 0 saturated carbocycles. The van der Waals surface area contributed by atoms with Crippen LogP contribution in [0.1, 0.15) is 21.9 Å². The van der Waals surface area contributed by atoms with E-state index in [4.69, 9.17) is 0 Å². The van der Waals surface area contributed by atoms with Crippen LogP contribution in [0.15, 0.2) is 33.3 Å². The fourth-order valence-electron chi connectivity index (χ4n) is 2.75. The molecule has 0 radical (unpaired) electrons. The van der Waals surface area contributed by atoms with Crippen molar-refractivity contribution in [3.05, 3.63) is 70.7 Å². The van der Waals surface area contributed by atoms with E-state index in [2.05, 4.69) is 47.4 Å². The van der Waals surface area contributed by atoms with E-state index in [-0.39, 0.29) is 29.4 Å². The number of amides is 1. The molecule has 1 amide bonds. The number of rotatable bonds is 6. The molecule has 3 aromatic rings. The molecule has 0 unspecified atom stereocenters. The number of carbonyl (C=O) groups excluding carboxylic acids is 1. The summed E-state index contributed by atoms with van der Waals surface area (Å²) in [5.74, 6) is -0.539. The van der Waals surface area contributed by atoms with Gasteiger partial charge in [-0.25, -0.2) is 4.68 Å². The number of benzene rings is 1. The lowest BCUT2D eigenvalue weighted by Gasteiger charge is -2.08. The van der Waals surface area contributed by atoms with E-state index in [0.29, 0.717) is 20.3 Å². The number of aryl methyl sites for hydroxylation is 1. The van der Waals surface area contributed by atoms with E-state index in [1.807, 2.05) is 0 Å². The van der Waals surface area contributed by atoms with E-state index in [1.165, 1.54) is 33.8 Å². The topological polar surface area (TPSA) is 151 Å². The molecule has 2 aromatic heterocycles. The van der Waals surface area contributed by atoms with Crippen molar-refractivity contribution in [2.24, 2.45) is 0 Å². The van der Waals surface area contributed by atoms with Gasteiger partial charge in [0.25, 0.3) is 11.6 Å². The minimum absolute atomic E-state index is 0.0620. The van der Waals surface area contributed by atoms with Gasteiger partial charge in [-0.05, 0) is 51.8 Å². The van der Waals surface area contributed by atoms with Crippen LogP contribution in [0, 0.1) is 34.1 Å². The molecule has 0 atom stereocenters. The number of nitro benzene ring substituents is 1. The third-order valence-electron chi connectivity index (χ3n) is 4.15. The Labute approximate surface area is 185 Å². The number of nitrogens with one attached hydrogen (secondary N) is 1. The molecule has 14 heteroatoms. The summed E-state index contributed by atoms with van der Waals surface area (Å²) in [6.07, 6.45) is 1.54. The van der Waals surface area contributed by atoms with Crippen molar-refractivity contribution in [1.29, 1.82) is 0 Å². The number of hydrogen-bond acceptors (Lipinski definition) is 7. The molecule has 156 valence electrons. The predicted octanol–water partition coefficient (Wildman–Crippen LogP) is 3.80. The molecular formula is C16H13Br2N7O5. The first-order chi connectivity index (χ1) is 14.1. The highest BCUT2D eigenvalue weighted by Gasteiger charge is 2.22. The molecule has 1 aromatic carbocycles.